The second-order valence-corrected chi connectivity index (χ2v) is 4.95. The van der Waals surface area contributed by atoms with Crippen molar-refractivity contribution in [1.82, 2.24) is 0 Å². The molecule has 1 N–H and O–H groups in total. The largest absolute Gasteiger partial charge is 0.505 e. The summed E-state index contributed by atoms with van der Waals surface area (Å²) in [6.45, 7) is 5.60. The Morgan fingerprint density at radius 1 is 1.33 bits per heavy atom. The van der Waals surface area contributed by atoms with Crippen LogP contribution in [0, 0.1) is 0 Å². The maximum atomic E-state index is 11.7. The number of carbonyl (C=O) groups is 1. The number of hydrogen-bond acceptors (Lipinski definition) is 6. The highest BCUT2D eigenvalue weighted by Gasteiger charge is 2.27. The highest BCUT2D eigenvalue weighted by atomic mass is 16.5. The number of ether oxygens (including phenoxy) is 3. The Morgan fingerprint density at radius 2 is 2.08 bits per heavy atom. The van der Waals surface area contributed by atoms with Crippen molar-refractivity contribution in [3.8, 4) is 11.5 Å². The van der Waals surface area contributed by atoms with Gasteiger partial charge in [-0.2, -0.15) is 0 Å². The zero-order chi connectivity index (χ0) is 17.7. The van der Waals surface area contributed by atoms with E-state index in [2.05, 4.69) is 16.3 Å². The van der Waals surface area contributed by atoms with Gasteiger partial charge in [-0.25, -0.2) is 9.79 Å². The zero-order valence-electron chi connectivity index (χ0n) is 13.8. The molecule has 1 aliphatic rings. The van der Waals surface area contributed by atoms with Gasteiger partial charge in [0.25, 0.3) is 0 Å². The van der Waals surface area contributed by atoms with Crippen molar-refractivity contribution in [2.75, 3.05) is 20.8 Å². The second-order valence-electron chi connectivity index (χ2n) is 4.95. The lowest BCUT2D eigenvalue weighted by Gasteiger charge is -2.10. The molecule has 1 aromatic rings. The molecular formula is C18H19NO5. The van der Waals surface area contributed by atoms with Gasteiger partial charge >= 0.3 is 5.97 Å². The van der Waals surface area contributed by atoms with Crippen LogP contribution in [0.1, 0.15) is 12.5 Å². The van der Waals surface area contributed by atoms with Gasteiger partial charge in [-0.15, -0.1) is 0 Å². The van der Waals surface area contributed by atoms with Gasteiger partial charge in [0, 0.05) is 0 Å². The maximum Gasteiger partial charge on any atom is 0.343 e. The van der Waals surface area contributed by atoms with Crippen LogP contribution in [-0.4, -0.2) is 37.6 Å². The molecular weight excluding hydrogens is 310 g/mol. The third-order valence-corrected chi connectivity index (χ3v) is 3.37. The fourth-order valence-electron chi connectivity index (χ4n) is 2.24. The minimum absolute atomic E-state index is 0.0710. The zero-order valence-corrected chi connectivity index (χ0v) is 13.8. The molecule has 1 aliphatic heterocycles. The average molecular weight is 329 g/mol. The number of methoxy groups -OCH3 is 2. The minimum Gasteiger partial charge on any atom is -0.505 e. The Kier molecular flexibility index (Phi) is 5.42. The molecule has 0 radical (unpaired) electrons. The van der Waals surface area contributed by atoms with Gasteiger partial charge in [0.15, 0.2) is 17.3 Å². The van der Waals surface area contributed by atoms with Crippen molar-refractivity contribution in [3.63, 3.8) is 0 Å². The normalized spacial score (nSPS) is 15.3. The van der Waals surface area contributed by atoms with Gasteiger partial charge in [0.1, 0.15) is 17.9 Å². The number of carbonyl (C=O) groups excluding carboxylic acids is 1. The van der Waals surface area contributed by atoms with Crippen molar-refractivity contribution in [1.29, 1.82) is 0 Å². The summed E-state index contributed by atoms with van der Waals surface area (Å²) in [5.41, 5.74) is 1.50. The Labute approximate surface area is 140 Å². The van der Waals surface area contributed by atoms with E-state index < -0.39 is 5.97 Å². The lowest BCUT2D eigenvalue weighted by molar-refractivity contribution is -0.135. The van der Waals surface area contributed by atoms with Crippen molar-refractivity contribution >= 4 is 17.8 Å². The fraction of sp³-hybridized carbons (Fsp3) is 0.222. The van der Waals surface area contributed by atoms with Crippen LogP contribution in [0.25, 0.3) is 6.08 Å². The molecule has 0 bridgehead atoms. The lowest BCUT2D eigenvalue weighted by Crippen LogP contribution is -2.11. The van der Waals surface area contributed by atoms with Crippen LogP contribution >= 0.6 is 0 Å². The number of aliphatic imine (C=N–C) groups is 1. The Morgan fingerprint density at radius 3 is 2.71 bits per heavy atom. The third kappa shape index (κ3) is 3.48. The van der Waals surface area contributed by atoms with Gasteiger partial charge in [0.05, 0.1) is 19.9 Å². The van der Waals surface area contributed by atoms with E-state index in [-0.39, 0.29) is 17.0 Å². The Balaban J connectivity index is 2.37. The summed E-state index contributed by atoms with van der Waals surface area (Å²) in [4.78, 5) is 15.9. The average Bonchev–Trinajstić information content (AvgIpc) is 2.86. The number of rotatable bonds is 6. The molecule has 126 valence electrons. The number of nitrogens with zero attached hydrogens (tertiary/aromatic N) is 1. The first kappa shape index (κ1) is 17.3. The first-order valence-corrected chi connectivity index (χ1v) is 7.22. The minimum atomic E-state index is -0.622. The van der Waals surface area contributed by atoms with Crippen LogP contribution in [0.4, 0.5) is 0 Å². The molecule has 0 saturated heterocycles. The molecule has 0 atom stereocenters. The standard InChI is InChI=1S/C18H19NO5/c1-5-8-24-14-7-6-12(10-15(14)22-3)9-13-17(20)16(11(2)19-13)18(21)23-4/h5-7,9-10,20H,1,8H2,2-4H3. The van der Waals surface area contributed by atoms with E-state index in [9.17, 15) is 9.90 Å². The van der Waals surface area contributed by atoms with Crippen LogP contribution in [0.2, 0.25) is 0 Å². The highest BCUT2D eigenvalue weighted by molar-refractivity contribution is 6.21. The SMILES string of the molecule is C=CCOc1ccc(C=C2N=C(C)C(C(=O)OC)=C2O)cc1OC. The molecule has 0 spiro atoms. The van der Waals surface area contributed by atoms with E-state index in [4.69, 9.17) is 9.47 Å². The molecule has 0 unspecified atom stereocenters. The monoisotopic (exact) mass is 329 g/mol. The van der Waals surface area contributed by atoms with E-state index in [0.717, 1.165) is 5.56 Å². The summed E-state index contributed by atoms with van der Waals surface area (Å²) < 4.78 is 15.4. The van der Waals surface area contributed by atoms with Crippen LogP contribution in [-0.2, 0) is 9.53 Å². The first-order chi connectivity index (χ1) is 11.5. The first-order valence-electron chi connectivity index (χ1n) is 7.22. The van der Waals surface area contributed by atoms with E-state index in [1.807, 2.05) is 0 Å². The molecule has 1 aromatic carbocycles. The maximum absolute atomic E-state index is 11.7. The smallest absolute Gasteiger partial charge is 0.343 e. The van der Waals surface area contributed by atoms with E-state index >= 15 is 0 Å². The molecule has 0 aliphatic carbocycles. The van der Waals surface area contributed by atoms with Gasteiger partial charge in [-0.1, -0.05) is 18.7 Å². The van der Waals surface area contributed by atoms with Crippen molar-refractivity contribution < 1.29 is 24.1 Å². The summed E-state index contributed by atoms with van der Waals surface area (Å²) >= 11 is 0. The molecule has 0 aromatic heterocycles. The van der Waals surface area contributed by atoms with Gasteiger partial charge in [-0.05, 0) is 30.7 Å². The Hall–Kier alpha value is -3.02. The number of aliphatic hydroxyl groups excluding tert-OH is 1. The van der Waals surface area contributed by atoms with E-state index in [1.165, 1.54) is 14.2 Å². The number of benzene rings is 1. The van der Waals surface area contributed by atoms with Crippen LogP contribution in [0.3, 0.4) is 0 Å². The topological polar surface area (TPSA) is 77.4 Å². The molecule has 0 saturated carbocycles. The predicted molar refractivity (Wildman–Crippen MR) is 91.4 cm³/mol. The third-order valence-electron chi connectivity index (χ3n) is 3.37. The summed E-state index contributed by atoms with van der Waals surface area (Å²) in [6, 6.07) is 5.30. The molecule has 1 heterocycles. The number of esters is 1. The van der Waals surface area contributed by atoms with Gasteiger partial charge in [-0.3, -0.25) is 0 Å². The molecule has 6 heteroatoms. The summed E-state index contributed by atoms with van der Waals surface area (Å²) in [6.07, 6.45) is 3.29. The summed E-state index contributed by atoms with van der Waals surface area (Å²) in [5, 5.41) is 10.2. The van der Waals surface area contributed by atoms with Crippen LogP contribution in [0.5, 0.6) is 11.5 Å². The van der Waals surface area contributed by atoms with Crippen molar-refractivity contribution in [2.45, 2.75) is 6.92 Å². The second kappa shape index (κ2) is 7.50. The molecule has 24 heavy (non-hydrogen) atoms. The summed E-state index contributed by atoms with van der Waals surface area (Å²) in [7, 11) is 2.79. The van der Waals surface area contributed by atoms with Crippen LogP contribution < -0.4 is 9.47 Å². The molecule has 0 amide bonds. The highest BCUT2D eigenvalue weighted by Crippen LogP contribution is 2.31. The molecule has 2 rings (SSSR count). The van der Waals surface area contributed by atoms with Gasteiger partial charge in [0.2, 0.25) is 0 Å². The fourth-order valence-corrected chi connectivity index (χ4v) is 2.24. The number of hydrogen-bond donors (Lipinski definition) is 1. The van der Waals surface area contributed by atoms with Crippen molar-refractivity contribution in [2.24, 2.45) is 4.99 Å². The van der Waals surface area contributed by atoms with Crippen molar-refractivity contribution in [3.05, 3.63) is 53.4 Å². The number of aliphatic hydroxyl groups is 1. The quantitative estimate of drug-likeness (QED) is 0.641. The molecule has 0 fully saturated rings. The predicted octanol–water partition coefficient (Wildman–Crippen LogP) is 3.06. The van der Waals surface area contributed by atoms with Gasteiger partial charge < -0.3 is 19.3 Å². The summed E-state index contributed by atoms with van der Waals surface area (Å²) in [5.74, 6) is 0.301. The van der Waals surface area contributed by atoms with Crippen LogP contribution in [0.15, 0.2) is 52.9 Å². The lowest BCUT2D eigenvalue weighted by atomic mass is 10.1. The van der Waals surface area contributed by atoms with E-state index in [1.54, 1.807) is 37.3 Å². The van der Waals surface area contributed by atoms with E-state index in [0.29, 0.717) is 23.8 Å². The Bertz CT molecular complexity index is 759. The molecule has 6 nitrogen and oxygen atoms in total.